The van der Waals surface area contributed by atoms with Gasteiger partial charge >= 0.3 is 0 Å². The largest absolute Gasteiger partial charge is 0.272 e. The lowest BCUT2D eigenvalue weighted by Gasteiger charge is -2.16. The van der Waals surface area contributed by atoms with Gasteiger partial charge in [0, 0.05) is 29.3 Å². The van der Waals surface area contributed by atoms with Crippen molar-refractivity contribution in [1.29, 1.82) is 0 Å². The van der Waals surface area contributed by atoms with E-state index in [1.54, 1.807) is 0 Å². The lowest BCUT2D eigenvalue weighted by atomic mass is 10.2. The van der Waals surface area contributed by atoms with E-state index >= 15 is 0 Å². The van der Waals surface area contributed by atoms with Crippen molar-refractivity contribution in [2.75, 3.05) is 5.75 Å². The van der Waals surface area contributed by atoms with Gasteiger partial charge < -0.3 is 0 Å². The molecule has 0 amide bonds. The van der Waals surface area contributed by atoms with Gasteiger partial charge in [-0.25, -0.2) is 0 Å². The molecule has 1 aliphatic carbocycles. The number of rotatable bonds is 7. The van der Waals surface area contributed by atoms with Gasteiger partial charge in [0.25, 0.3) is 0 Å². The molecule has 1 aromatic heterocycles. The number of nitrogens with one attached hydrogen (secondary N) is 1. The number of aromatic nitrogens is 2. The van der Waals surface area contributed by atoms with Crippen LogP contribution in [0.25, 0.3) is 0 Å². The fourth-order valence-corrected chi connectivity index (χ4v) is 3.86. The van der Waals surface area contributed by atoms with Gasteiger partial charge in [0.2, 0.25) is 0 Å². The van der Waals surface area contributed by atoms with Crippen molar-refractivity contribution >= 4 is 11.8 Å². The highest BCUT2D eigenvalue weighted by Gasteiger charge is 2.19. The Balaban J connectivity index is 1.85. The van der Waals surface area contributed by atoms with Gasteiger partial charge in [-0.3, -0.25) is 16.0 Å². The number of hydrazine groups is 1. The van der Waals surface area contributed by atoms with E-state index < -0.39 is 0 Å². The summed E-state index contributed by atoms with van der Waals surface area (Å²) in [6.07, 6.45) is 10.7. The van der Waals surface area contributed by atoms with Gasteiger partial charge in [0.1, 0.15) is 0 Å². The molecule has 1 aliphatic rings. The maximum atomic E-state index is 5.67. The van der Waals surface area contributed by atoms with Crippen LogP contribution in [0.15, 0.2) is 12.4 Å². The molecule has 1 atom stereocenters. The first-order valence-electron chi connectivity index (χ1n) is 6.93. The van der Waals surface area contributed by atoms with Crippen molar-refractivity contribution in [2.24, 2.45) is 5.84 Å². The van der Waals surface area contributed by atoms with Crippen molar-refractivity contribution < 1.29 is 0 Å². The van der Waals surface area contributed by atoms with Gasteiger partial charge in [-0.1, -0.05) is 19.8 Å². The number of nitrogens with zero attached hydrogens (tertiary/aromatic N) is 2. The fourth-order valence-electron chi connectivity index (χ4n) is 2.44. The molecule has 1 saturated carbocycles. The molecule has 4 nitrogen and oxygen atoms in total. The van der Waals surface area contributed by atoms with Gasteiger partial charge in [-0.15, -0.1) is 0 Å². The molecular weight excluding hydrogens is 244 g/mol. The Morgan fingerprint density at radius 2 is 2.33 bits per heavy atom. The summed E-state index contributed by atoms with van der Waals surface area (Å²) in [5.74, 6) is 6.71. The van der Waals surface area contributed by atoms with Crippen LogP contribution < -0.4 is 11.3 Å². The van der Waals surface area contributed by atoms with Crippen LogP contribution in [0.3, 0.4) is 0 Å². The fraction of sp³-hybridized carbons (Fsp3) is 0.769. The Kier molecular flexibility index (Phi) is 5.53. The van der Waals surface area contributed by atoms with E-state index in [0.29, 0.717) is 0 Å². The number of hydrogen-bond donors (Lipinski definition) is 2. The van der Waals surface area contributed by atoms with E-state index in [-0.39, 0.29) is 6.04 Å². The second-order valence-corrected chi connectivity index (χ2v) is 6.33. The summed E-state index contributed by atoms with van der Waals surface area (Å²) in [5, 5.41) is 5.21. The molecule has 2 rings (SSSR count). The highest BCUT2D eigenvalue weighted by Crippen LogP contribution is 2.31. The quantitative estimate of drug-likeness (QED) is 0.589. The molecule has 1 unspecified atom stereocenters. The van der Waals surface area contributed by atoms with E-state index in [0.717, 1.165) is 24.0 Å². The molecule has 0 aromatic carbocycles. The molecule has 0 aliphatic heterocycles. The second kappa shape index (κ2) is 7.16. The average Bonchev–Trinajstić information content (AvgIpc) is 3.02. The lowest BCUT2D eigenvalue weighted by molar-refractivity contribution is 0.592. The van der Waals surface area contributed by atoms with Crippen LogP contribution in [-0.2, 0) is 6.54 Å². The zero-order chi connectivity index (χ0) is 12.8. The van der Waals surface area contributed by atoms with Crippen molar-refractivity contribution in [3.8, 4) is 0 Å². The number of hydrogen-bond acceptors (Lipinski definition) is 4. The average molecular weight is 268 g/mol. The molecule has 18 heavy (non-hydrogen) atoms. The first kappa shape index (κ1) is 13.9. The molecule has 1 aromatic rings. The lowest BCUT2D eigenvalue weighted by Crippen LogP contribution is -2.30. The third-order valence-corrected chi connectivity index (χ3v) is 4.98. The van der Waals surface area contributed by atoms with Gasteiger partial charge in [-0.05, 0) is 19.3 Å². The van der Waals surface area contributed by atoms with E-state index in [9.17, 15) is 0 Å². The standard InChI is InChI=1S/C13H24N4S/c1-2-7-17-9-11(8-15-17)13(16-14)10-18-12-5-3-4-6-12/h8-9,12-13,16H,2-7,10,14H2,1H3. The van der Waals surface area contributed by atoms with Crippen molar-refractivity contribution in [1.82, 2.24) is 15.2 Å². The SMILES string of the molecule is CCCn1cc(C(CSC2CCCC2)NN)cn1. The van der Waals surface area contributed by atoms with Crippen LogP contribution in [0.2, 0.25) is 0 Å². The highest BCUT2D eigenvalue weighted by atomic mass is 32.2. The predicted octanol–water partition coefficient (Wildman–Crippen LogP) is 2.47. The minimum atomic E-state index is 0.223. The molecule has 0 spiro atoms. The van der Waals surface area contributed by atoms with Crippen LogP contribution in [0.5, 0.6) is 0 Å². The molecule has 3 N–H and O–H groups in total. The maximum absolute atomic E-state index is 5.67. The van der Waals surface area contributed by atoms with E-state index in [1.807, 2.05) is 10.9 Å². The molecule has 1 fully saturated rings. The number of aryl methyl sites for hydroxylation is 1. The molecule has 0 bridgehead atoms. The molecule has 5 heteroatoms. The van der Waals surface area contributed by atoms with E-state index in [1.165, 1.54) is 31.2 Å². The zero-order valence-corrected chi connectivity index (χ0v) is 12.0. The van der Waals surface area contributed by atoms with Crippen LogP contribution >= 0.6 is 11.8 Å². The summed E-state index contributed by atoms with van der Waals surface area (Å²) in [6, 6.07) is 0.223. The summed E-state index contributed by atoms with van der Waals surface area (Å²) >= 11 is 2.05. The molecule has 1 heterocycles. The normalized spacial score (nSPS) is 18.3. The van der Waals surface area contributed by atoms with Crippen LogP contribution in [-0.4, -0.2) is 20.8 Å². The van der Waals surface area contributed by atoms with E-state index in [2.05, 4.69) is 35.4 Å². The third-order valence-electron chi connectivity index (χ3n) is 3.51. The van der Waals surface area contributed by atoms with Crippen LogP contribution in [0, 0.1) is 0 Å². The number of nitrogens with two attached hydrogens (primary N) is 1. The summed E-state index contributed by atoms with van der Waals surface area (Å²) in [6.45, 7) is 3.14. The van der Waals surface area contributed by atoms with Crippen molar-refractivity contribution in [3.05, 3.63) is 18.0 Å². The molecule has 102 valence electrons. The van der Waals surface area contributed by atoms with Gasteiger partial charge in [0.15, 0.2) is 0 Å². The Morgan fingerprint density at radius 3 is 3.00 bits per heavy atom. The zero-order valence-electron chi connectivity index (χ0n) is 11.1. The first-order valence-corrected chi connectivity index (χ1v) is 7.98. The minimum Gasteiger partial charge on any atom is -0.272 e. The van der Waals surface area contributed by atoms with Crippen LogP contribution in [0.1, 0.15) is 50.6 Å². The summed E-state index contributed by atoms with van der Waals surface area (Å²) in [7, 11) is 0. The third kappa shape index (κ3) is 3.73. The van der Waals surface area contributed by atoms with Crippen molar-refractivity contribution in [2.45, 2.75) is 56.9 Å². The van der Waals surface area contributed by atoms with Gasteiger partial charge in [-0.2, -0.15) is 16.9 Å². The highest BCUT2D eigenvalue weighted by molar-refractivity contribution is 7.99. The van der Waals surface area contributed by atoms with Gasteiger partial charge in [0.05, 0.1) is 12.2 Å². The maximum Gasteiger partial charge on any atom is 0.0581 e. The summed E-state index contributed by atoms with van der Waals surface area (Å²) < 4.78 is 2.00. The molecule has 0 radical (unpaired) electrons. The summed E-state index contributed by atoms with van der Waals surface area (Å²) in [4.78, 5) is 0. The molecule has 0 saturated heterocycles. The first-order chi connectivity index (χ1) is 8.83. The minimum absolute atomic E-state index is 0.223. The second-order valence-electron chi connectivity index (χ2n) is 5.00. The van der Waals surface area contributed by atoms with Crippen LogP contribution in [0.4, 0.5) is 0 Å². The summed E-state index contributed by atoms with van der Waals surface area (Å²) in [5.41, 5.74) is 4.13. The predicted molar refractivity (Wildman–Crippen MR) is 77.3 cm³/mol. The number of thioether (sulfide) groups is 1. The Bertz CT molecular complexity index is 347. The Labute approximate surface area is 114 Å². The topological polar surface area (TPSA) is 55.9 Å². The monoisotopic (exact) mass is 268 g/mol. The Hall–Kier alpha value is -0.520. The molecular formula is C13H24N4S. The smallest absolute Gasteiger partial charge is 0.0581 e. The van der Waals surface area contributed by atoms with E-state index in [4.69, 9.17) is 5.84 Å². The Morgan fingerprint density at radius 1 is 1.56 bits per heavy atom. The van der Waals surface area contributed by atoms with Crippen molar-refractivity contribution in [3.63, 3.8) is 0 Å².